The van der Waals surface area contributed by atoms with Gasteiger partial charge in [0.1, 0.15) is 122 Å². The van der Waals surface area contributed by atoms with Crippen molar-refractivity contribution in [1.29, 1.82) is 0 Å². The summed E-state index contributed by atoms with van der Waals surface area (Å²) in [5.74, 6) is -0.684. The smallest absolute Gasteiger partial charge is 0.217 e. The van der Waals surface area contributed by atoms with E-state index in [0.717, 1.165) is 6.92 Å². The lowest BCUT2D eigenvalue weighted by atomic mass is 9.95. The van der Waals surface area contributed by atoms with Crippen LogP contribution >= 0.6 is 0 Å². The number of aliphatic hydroxyl groups is 16. The quantitative estimate of drug-likeness (QED) is 0.0770. The molecule has 5 saturated heterocycles. The summed E-state index contributed by atoms with van der Waals surface area (Å²) < 4.78 is 49.9. The molecule has 25 atom stereocenters. The fourth-order valence-corrected chi connectivity index (χ4v) is 7.30. The first-order valence-electron chi connectivity index (χ1n) is 18.6. The minimum absolute atomic E-state index is 0.684. The molecule has 0 aliphatic carbocycles. The van der Waals surface area contributed by atoms with Crippen molar-refractivity contribution in [2.75, 3.05) is 33.0 Å². The third kappa shape index (κ3) is 10.3. The highest BCUT2D eigenvalue weighted by molar-refractivity contribution is 5.73. The number of hydrogen-bond acceptors (Lipinski definition) is 26. The molecule has 0 aromatic rings. The maximum absolute atomic E-state index is 11.7. The lowest BCUT2D eigenvalue weighted by Crippen LogP contribution is -2.67. The van der Waals surface area contributed by atoms with E-state index in [4.69, 9.17) is 42.6 Å². The maximum Gasteiger partial charge on any atom is 0.217 e. The molecule has 5 rings (SSSR count). The van der Waals surface area contributed by atoms with E-state index < -0.39 is 192 Å². The summed E-state index contributed by atoms with van der Waals surface area (Å²) >= 11 is 0. The molecule has 27 nitrogen and oxygen atoms in total. The highest BCUT2D eigenvalue weighted by Crippen LogP contribution is 2.34. The van der Waals surface area contributed by atoms with E-state index in [-0.39, 0.29) is 0 Å². The zero-order chi connectivity index (χ0) is 43.6. The van der Waals surface area contributed by atoms with Crippen LogP contribution in [0.4, 0.5) is 0 Å². The molecule has 25 unspecified atom stereocenters. The fourth-order valence-electron chi connectivity index (χ4n) is 7.30. The van der Waals surface area contributed by atoms with Crippen LogP contribution in [0.5, 0.6) is 0 Å². The molecule has 5 aliphatic rings. The molecular weight excluding hydrogens is 814 g/mol. The van der Waals surface area contributed by atoms with Crippen molar-refractivity contribution in [2.24, 2.45) is 0 Å². The van der Waals surface area contributed by atoms with Crippen LogP contribution < -0.4 is 5.32 Å². The van der Waals surface area contributed by atoms with Gasteiger partial charge in [-0.1, -0.05) is 0 Å². The average molecular weight is 870 g/mol. The number of ether oxygens (including phenoxy) is 9. The van der Waals surface area contributed by atoms with Crippen LogP contribution in [0, 0.1) is 0 Å². The minimum atomic E-state index is -2.08. The third-order valence-corrected chi connectivity index (χ3v) is 10.7. The predicted octanol–water partition coefficient (Wildman–Crippen LogP) is -11.8. The molecule has 0 spiro atoms. The van der Waals surface area contributed by atoms with E-state index in [1.54, 1.807) is 0 Å². The first-order chi connectivity index (χ1) is 27.9. The molecule has 0 radical (unpaired) electrons. The van der Waals surface area contributed by atoms with Gasteiger partial charge in [0, 0.05) is 6.92 Å². The van der Waals surface area contributed by atoms with Crippen molar-refractivity contribution >= 4 is 5.91 Å². The lowest BCUT2D eigenvalue weighted by molar-refractivity contribution is -0.391. The monoisotopic (exact) mass is 869 g/mol. The molecule has 344 valence electrons. The predicted molar refractivity (Wildman–Crippen MR) is 178 cm³/mol. The summed E-state index contributed by atoms with van der Waals surface area (Å²) in [7, 11) is 0. The van der Waals surface area contributed by atoms with Crippen LogP contribution in [0.15, 0.2) is 0 Å². The SMILES string of the molecule is CC(=O)NC1C(O)OC(CO)C(OC2OC(COC3OC(CO)C(O)C(OC4OC(CO)C(O)C(O)C4OC4OC(CO)C(O)C(O)C4O)C3O)C(O)C(O)C2O)C1O. The van der Waals surface area contributed by atoms with Crippen molar-refractivity contribution in [2.45, 2.75) is 160 Å². The van der Waals surface area contributed by atoms with Gasteiger partial charge in [-0.25, -0.2) is 0 Å². The van der Waals surface area contributed by atoms with Crippen molar-refractivity contribution in [3.8, 4) is 0 Å². The Labute approximate surface area is 333 Å². The summed E-state index contributed by atoms with van der Waals surface area (Å²) in [4.78, 5) is 11.7. The second-order valence-corrected chi connectivity index (χ2v) is 14.7. The molecule has 0 aromatic carbocycles. The van der Waals surface area contributed by atoms with Gasteiger partial charge in [-0.2, -0.15) is 0 Å². The van der Waals surface area contributed by atoms with Crippen molar-refractivity contribution in [3.63, 3.8) is 0 Å². The molecule has 5 fully saturated rings. The van der Waals surface area contributed by atoms with Crippen LogP contribution in [-0.2, 0) is 47.4 Å². The zero-order valence-electron chi connectivity index (χ0n) is 31.2. The van der Waals surface area contributed by atoms with Gasteiger partial charge >= 0.3 is 0 Å². The molecule has 0 saturated carbocycles. The Hall–Kier alpha value is -1.53. The van der Waals surface area contributed by atoms with Crippen molar-refractivity contribution < 1.29 is 129 Å². The highest BCUT2D eigenvalue weighted by Gasteiger charge is 2.55. The molecule has 59 heavy (non-hydrogen) atoms. The zero-order valence-corrected chi connectivity index (χ0v) is 31.2. The molecule has 1 amide bonds. The van der Waals surface area contributed by atoms with Gasteiger partial charge < -0.3 is 130 Å². The second kappa shape index (κ2) is 20.8. The van der Waals surface area contributed by atoms with E-state index in [2.05, 4.69) is 5.32 Å². The Bertz CT molecular complexity index is 1320. The summed E-state index contributed by atoms with van der Waals surface area (Å²) in [5.41, 5.74) is 0. The molecule has 5 aliphatic heterocycles. The standard InChI is InChI=1S/C32H55NO26/c1-7(38)33-13-18(43)25(11(5-37)52-28(13)50)57-31-23(48)20(45)16(41)12(56-31)6-51-29-24(49)26(17(42)10(4-36)53-29)58-32-27(21(46)15(40)9(3-35)55-32)59-30-22(47)19(44)14(39)8(2-34)54-30/h8-32,34-37,39-50H,2-6H2,1H3,(H,33,38). The number of nitrogens with one attached hydrogen (secondary N) is 1. The Morgan fingerprint density at radius 1 is 0.441 bits per heavy atom. The van der Waals surface area contributed by atoms with Crippen LogP contribution in [0.3, 0.4) is 0 Å². The van der Waals surface area contributed by atoms with Crippen LogP contribution in [0.25, 0.3) is 0 Å². The van der Waals surface area contributed by atoms with Gasteiger partial charge in [-0.15, -0.1) is 0 Å². The Kier molecular flexibility index (Phi) is 17.1. The number of rotatable bonds is 14. The van der Waals surface area contributed by atoms with Crippen molar-refractivity contribution in [1.82, 2.24) is 5.32 Å². The Balaban J connectivity index is 1.31. The first kappa shape index (κ1) is 48.5. The number of carbonyl (C=O) groups excluding carboxylic acids is 1. The average Bonchev–Trinajstić information content (AvgIpc) is 3.21. The summed E-state index contributed by atoms with van der Waals surface area (Å²) in [6.45, 7) is -3.32. The third-order valence-electron chi connectivity index (χ3n) is 10.7. The van der Waals surface area contributed by atoms with Gasteiger partial charge in [-0.05, 0) is 0 Å². The van der Waals surface area contributed by atoms with E-state index in [9.17, 15) is 86.5 Å². The number of amides is 1. The normalized spacial score (nSPS) is 51.0. The first-order valence-corrected chi connectivity index (χ1v) is 18.6. The number of aliphatic hydroxyl groups excluding tert-OH is 16. The number of hydrogen-bond donors (Lipinski definition) is 17. The second-order valence-electron chi connectivity index (χ2n) is 14.7. The largest absolute Gasteiger partial charge is 0.394 e. The fraction of sp³-hybridized carbons (Fsp3) is 0.969. The minimum Gasteiger partial charge on any atom is -0.394 e. The molecule has 17 N–H and O–H groups in total. The molecule has 0 bridgehead atoms. The van der Waals surface area contributed by atoms with E-state index in [1.165, 1.54) is 0 Å². The molecular formula is C32H55NO26. The van der Waals surface area contributed by atoms with E-state index >= 15 is 0 Å². The highest BCUT2D eigenvalue weighted by atomic mass is 16.8. The van der Waals surface area contributed by atoms with Gasteiger partial charge in [0.05, 0.1) is 33.0 Å². The topological polar surface area (TPSA) is 436 Å². The van der Waals surface area contributed by atoms with Gasteiger partial charge in [0.15, 0.2) is 31.5 Å². The van der Waals surface area contributed by atoms with Crippen LogP contribution in [-0.4, -0.2) is 274 Å². The van der Waals surface area contributed by atoms with E-state index in [1.807, 2.05) is 0 Å². The summed E-state index contributed by atoms with van der Waals surface area (Å²) in [6, 6.07) is -1.48. The van der Waals surface area contributed by atoms with Crippen LogP contribution in [0.2, 0.25) is 0 Å². The van der Waals surface area contributed by atoms with Gasteiger partial charge in [0.2, 0.25) is 5.91 Å². The lowest BCUT2D eigenvalue weighted by Gasteiger charge is -2.48. The number of carbonyl (C=O) groups is 1. The van der Waals surface area contributed by atoms with Crippen molar-refractivity contribution in [3.05, 3.63) is 0 Å². The molecule has 0 aromatic heterocycles. The van der Waals surface area contributed by atoms with Crippen LogP contribution in [0.1, 0.15) is 6.92 Å². The summed E-state index contributed by atoms with van der Waals surface area (Å²) in [6.07, 6.45) is -44.3. The molecule has 27 heteroatoms. The Morgan fingerprint density at radius 2 is 0.881 bits per heavy atom. The maximum atomic E-state index is 11.7. The van der Waals surface area contributed by atoms with Gasteiger partial charge in [-0.3, -0.25) is 4.79 Å². The van der Waals surface area contributed by atoms with Gasteiger partial charge in [0.25, 0.3) is 0 Å². The summed E-state index contributed by atoms with van der Waals surface area (Å²) in [5, 5.41) is 170. The Morgan fingerprint density at radius 3 is 1.42 bits per heavy atom. The molecule has 5 heterocycles. The van der Waals surface area contributed by atoms with E-state index in [0.29, 0.717) is 0 Å².